The van der Waals surface area contributed by atoms with Gasteiger partial charge in [-0.05, 0) is 124 Å². The molecule has 10 heteroatoms. The number of fused-ring (bicyclic) bond motifs is 4. The van der Waals surface area contributed by atoms with E-state index in [-0.39, 0.29) is 0 Å². The highest BCUT2D eigenvalue weighted by atomic mass is 28.4. The molecule has 8 nitrogen and oxygen atoms in total. The predicted molar refractivity (Wildman–Crippen MR) is 175 cm³/mol. The highest BCUT2D eigenvalue weighted by molar-refractivity contribution is 6.76. The van der Waals surface area contributed by atoms with Gasteiger partial charge in [0.1, 0.15) is 22.6 Å². The molecule has 0 aliphatic rings. The molecule has 8 rings (SSSR count). The Labute approximate surface area is 245 Å². The third-order valence-corrected chi connectivity index (χ3v) is 14.3. The molecule has 0 atom stereocenters. The summed E-state index contributed by atoms with van der Waals surface area (Å²) < 4.78 is 9.32. The zero-order valence-corrected chi connectivity index (χ0v) is 26.1. The Balaban J connectivity index is 0.000000137. The maximum atomic E-state index is 4.56. The van der Waals surface area contributed by atoms with E-state index in [1.165, 1.54) is 21.5 Å². The van der Waals surface area contributed by atoms with Gasteiger partial charge in [-0.3, -0.25) is 0 Å². The maximum absolute atomic E-state index is 4.56. The highest BCUT2D eigenvalue weighted by Crippen LogP contribution is 2.25. The van der Waals surface area contributed by atoms with Crippen LogP contribution in [0.15, 0.2) is 122 Å². The molecule has 208 valence electrons. The summed E-state index contributed by atoms with van der Waals surface area (Å²) in [7, 11) is -3.94. The van der Waals surface area contributed by atoms with Crippen LogP contribution in [-0.4, -0.2) is 53.7 Å². The Hall–Kier alpha value is -4.81. The summed E-state index contributed by atoms with van der Waals surface area (Å²) in [6.45, 7) is 9.26. The zero-order valence-electron chi connectivity index (χ0n) is 24.1. The van der Waals surface area contributed by atoms with Gasteiger partial charge in [-0.1, -0.05) is 0 Å². The summed E-state index contributed by atoms with van der Waals surface area (Å²) in [5.74, 6) is 0. The van der Waals surface area contributed by atoms with Crippen LogP contribution in [-0.2, 0) is 0 Å². The fourth-order valence-electron chi connectivity index (χ4n) is 5.86. The average Bonchev–Trinajstić information content (AvgIpc) is 3.81. The summed E-state index contributed by atoms with van der Waals surface area (Å²) in [5.41, 5.74) is 4.19. The first-order valence-electron chi connectivity index (χ1n) is 14.1. The molecule has 0 bridgehead atoms. The van der Waals surface area contributed by atoms with Crippen molar-refractivity contribution < 1.29 is 0 Å². The number of hydrogen-bond donors (Lipinski definition) is 0. The van der Waals surface area contributed by atoms with Crippen molar-refractivity contribution in [3.8, 4) is 0 Å². The molecule has 42 heavy (non-hydrogen) atoms. The van der Waals surface area contributed by atoms with Crippen molar-refractivity contribution in [2.24, 2.45) is 0 Å². The van der Waals surface area contributed by atoms with Crippen molar-refractivity contribution in [2.75, 3.05) is 0 Å². The molecule has 0 spiro atoms. The summed E-state index contributed by atoms with van der Waals surface area (Å²) in [5, 5.41) is 4.73. The molecule has 8 aromatic rings. The average molecular weight is 585 g/mol. The second kappa shape index (κ2) is 9.93. The van der Waals surface area contributed by atoms with Gasteiger partial charge in [0.15, 0.2) is 0 Å². The van der Waals surface area contributed by atoms with E-state index in [2.05, 4.69) is 136 Å². The van der Waals surface area contributed by atoms with Gasteiger partial charge in [0.05, 0.1) is 0 Å². The van der Waals surface area contributed by atoms with Crippen molar-refractivity contribution in [3.05, 3.63) is 122 Å². The first-order valence-corrected chi connectivity index (χ1v) is 19.8. The van der Waals surface area contributed by atoms with Crippen LogP contribution in [0, 0.1) is 0 Å². The molecule has 8 aromatic heterocycles. The highest BCUT2D eigenvalue weighted by Gasteiger charge is 2.31. The Morgan fingerprint density at radius 2 is 0.619 bits per heavy atom. The summed E-state index contributed by atoms with van der Waals surface area (Å²) in [4.78, 5) is 18.2. The quantitative estimate of drug-likeness (QED) is 0.210. The zero-order chi connectivity index (χ0) is 28.9. The molecular formula is C32H32N8Si2. The molecule has 0 amide bonds. The van der Waals surface area contributed by atoms with E-state index < -0.39 is 16.8 Å². The smallest absolute Gasteiger partial charge is 0.268 e. The van der Waals surface area contributed by atoms with E-state index in [9.17, 15) is 0 Å². The Bertz CT molecular complexity index is 1870. The van der Waals surface area contributed by atoms with Crippen LogP contribution >= 0.6 is 0 Å². The third kappa shape index (κ3) is 4.18. The van der Waals surface area contributed by atoms with Crippen LogP contribution in [0.2, 0.25) is 26.2 Å². The molecule has 0 saturated heterocycles. The standard InChI is InChI=1S/2C16H16N4Si/c2*1-21(2,19-11-7-13-5-3-9-17-15(13)19)20-12-8-14-6-4-10-18-16(14)20/h2*3-12H,1-2H3. The normalized spacial score (nSPS) is 12.3. The van der Waals surface area contributed by atoms with Crippen LogP contribution in [0.1, 0.15) is 0 Å². The fraction of sp³-hybridized carbons (Fsp3) is 0.125. The molecule has 0 radical (unpaired) electrons. The first-order chi connectivity index (χ1) is 20.4. The second-order valence-corrected chi connectivity index (χ2v) is 19.3. The molecule has 0 unspecified atom stereocenters. The van der Waals surface area contributed by atoms with Crippen molar-refractivity contribution in [1.29, 1.82) is 0 Å². The van der Waals surface area contributed by atoms with Gasteiger partial charge >= 0.3 is 0 Å². The number of rotatable bonds is 4. The molecule has 0 aliphatic carbocycles. The summed E-state index contributed by atoms with van der Waals surface area (Å²) in [6.07, 6.45) is 16.0. The molecular weight excluding hydrogens is 553 g/mol. The molecule has 0 fully saturated rings. The van der Waals surface area contributed by atoms with E-state index in [1.54, 1.807) is 0 Å². The monoisotopic (exact) mass is 584 g/mol. The molecule has 0 saturated carbocycles. The second-order valence-electron chi connectivity index (χ2n) is 11.4. The minimum absolute atomic E-state index is 1.05. The van der Waals surface area contributed by atoms with Gasteiger partial charge in [-0.25, -0.2) is 19.9 Å². The minimum atomic E-state index is -1.97. The topological polar surface area (TPSA) is 71.3 Å². The van der Waals surface area contributed by atoms with Gasteiger partial charge in [-0.2, -0.15) is 0 Å². The van der Waals surface area contributed by atoms with Crippen LogP contribution in [0.4, 0.5) is 0 Å². The minimum Gasteiger partial charge on any atom is -0.341 e. The number of pyridine rings is 4. The molecule has 0 N–H and O–H groups in total. The van der Waals surface area contributed by atoms with E-state index >= 15 is 0 Å². The molecule has 8 heterocycles. The van der Waals surface area contributed by atoms with E-state index in [1.807, 2.05) is 49.1 Å². The van der Waals surface area contributed by atoms with Crippen LogP contribution in [0.25, 0.3) is 44.1 Å². The van der Waals surface area contributed by atoms with Gasteiger partial charge in [-0.15, -0.1) is 0 Å². The van der Waals surface area contributed by atoms with Gasteiger partial charge in [0, 0.05) is 46.3 Å². The van der Waals surface area contributed by atoms with Crippen molar-refractivity contribution in [1.82, 2.24) is 36.9 Å². The van der Waals surface area contributed by atoms with Crippen molar-refractivity contribution in [3.63, 3.8) is 0 Å². The Kier molecular flexibility index (Phi) is 6.17. The Morgan fingerprint density at radius 3 is 0.857 bits per heavy atom. The molecule has 0 aromatic carbocycles. The SMILES string of the molecule is C[Si](C)(n1ccc2cccnc21)n1ccc2cccnc21.C[Si](C)(n1ccc2cccnc21)n1ccc2cccnc21. The van der Waals surface area contributed by atoms with Gasteiger partial charge < -0.3 is 16.9 Å². The Morgan fingerprint density at radius 1 is 0.381 bits per heavy atom. The lowest BCUT2D eigenvalue weighted by molar-refractivity contribution is 1.03. The largest absolute Gasteiger partial charge is 0.341 e. The lowest BCUT2D eigenvalue weighted by Crippen LogP contribution is -2.44. The van der Waals surface area contributed by atoms with Crippen molar-refractivity contribution >= 4 is 60.9 Å². The predicted octanol–water partition coefficient (Wildman–Crippen LogP) is 6.97. The molecule has 0 aliphatic heterocycles. The van der Waals surface area contributed by atoms with Crippen LogP contribution in [0.3, 0.4) is 0 Å². The van der Waals surface area contributed by atoms with Crippen LogP contribution in [0.5, 0.6) is 0 Å². The van der Waals surface area contributed by atoms with Gasteiger partial charge in [0.2, 0.25) is 0 Å². The number of aromatic nitrogens is 8. The van der Waals surface area contributed by atoms with Gasteiger partial charge in [0.25, 0.3) is 16.8 Å². The number of hydrogen-bond acceptors (Lipinski definition) is 4. The van der Waals surface area contributed by atoms with E-state index in [0.717, 1.165) is 22.6 Å². The third-order valence-electron chi connectivity index (χ3n) is 8.15. The summed E-state index contributed by atoms with van der Waals surface area (Å²) >= 11 is 0. The van der Waals surface area contributed by atoms with Crippen molar-refractivity contribution in [2.45, 2.75) is 26.2 Å². The van der Waals surface area contributed by atoms with E-state index in [0.29, 0.717) is 0 Å². The summed E-state index contributed by atoms with van der Waals surface area (Å²) in [6, 6.07) is 24.9. The number of nitrogens with zero attached hydrogens (tertiary/aromatic N) is 8. The fourth-order valence-corrected chi connectivity index (χ4v) is 10.9. The lowest BCUT2D eigenvalue weighted by Gasteiger charge is -2.27. The maximum Gasteiger partial charge on any atom is 0.268 e. The van der Waals surface area contributed by atoms with Crippen LogP contribution < -0.4 is 0 Å². The van der Waals surface area contributed by atoms with E-state index in [4.69, 9.17) is 0 Å². The lowest BCUT2D eigenvalue weighted by atomic mass is 10.3. The first kappa shape index (κ1) is 26.1.